The first-order valence-corrected chi connectivity index (χ1v) is 8.55. The second-order valence-electron chi connectivity index (χ2n) is 7.58. The third kappa shape index (κ3) is 2.26. The Morgan fingerprint density at radius 1 is 1.13 bits per heavy atom. The average molecular weight is 317 g/mol. The van der Waals surface area contributed by atoms with Crippen LogP contribution in [0.3, 0.4) is 0 Å². The number of ether oxygens (including phenoxy) is 3. The van der Waals surface area contributed by atoms with Crippen LogP contribution in [0.4, 0.5) is 0 Å². The van der Waals surface area contributed by atoms with Gasteiger partial charge in [-0.25, -0.2) is 0 Å². The molecule has 0 N–H and O–H groups in total. The van der Waals surface area contributed by atoms with Gasteiger partial charge in [-0.05, 0) is 25.8 Å². The molecule has 3 saturated heterocycles. The fraction of sp³-hybridized carbons (Fsp3) is 0.667. The molecule has 1 aliphatic carbocycles. The molecule has 0 amide bonds. The molecule has 4 aliphatic rings. The van der Waals surface area contributed by atoms with E-state index in [1.54, 1.807) is 0 Å². The molecule has 1 aromatic carbocycles. The van der Waals surface area contributed by atoms with Crippen molar-refractivity contribution in [2.45, 2.75) is 57.1 Å². The molecule has 124 valence electrons. The Kier molecular flexibility index (Phi) is 3.13. The van der Waals surface area contributed by atoms with Crippen molar-refractivity contribution >= 4 is 0 Å². The van der Waals surface area contributed by atoms with Crippen LogP contribution in [0.25, 0.3) is 0 Å². The monoisotopic (exact) mass is 317 g/mol. The van der Waals surface area contributed by atoms with E-state index in [0.29, 0.717) is 17.9 Å². The molecule has 0 bridgehead atoms. The van der Waals surface area contributed by atoms with Gasteiger partial charge in [0.2, 0.25) is 0 Å². The summed E-state index contributed by atoms with van der Waals surface area (Å²) in [5.41, 5.74) is 1.27. The highest BCUT2D eigenvalue weighted by Gasteiger charge is 2.63. The van der Waals surface area contributed by atoms with E-state index in [9.17, 15) is 0 Å². The van der Waals surface area contributed by atoms with Gasteiger partial charge in [-0.2, -0.15) is 5.06 Å². The fourth-order valence-electron chi connectivity index (χ4n) is 4.71. The summed E-state index contributed by atoms with van der Waals surface area (Å²) in [5.74, 6) is 0.416. The number of nitrogens with zero attached hydrogens (tertiary/aromatic N) is 1. The summed E-state index contributed by atoms with van der Waals surface area (Å²) in [6.45, 7) is 5.52. The van der Waals surface area contributed by atoms with Crippen LogP contribution in [-0.2, 0) is 25.6 Å². The normalized spacial score (nSPS) is 44.3. The van der Waals surface area contributed by atoms with Gasteiger partial charge in [-0.3, -0.25) is 4.84 Å². The van der Waals surface area contributed by atoms with Crippen LogP contribution in [0.5, 0.6) is 0 Å². The molecular formula is C18H23NO4. The molecule has 1 aromatic rings. The maximum absolute atomic E-state index is 6.26. The van der Waals surface area contributed by atoms with E-state index >= 15 is 0 Å². The van der Waals surface area contributed by atoms with E-state index in [2.05, 4.69) is 29.3 Å². The largest absolute Gasteiger partial charge is 0.344 e. The molecule has 0 unspecified atom stereocenters. The number of hydrogen-bond donors (Lipinski definition) is 0. The lowest BCUT2D eigenvalue weighted by molar-refractivity contribution is -0.225. The first-order chi connectivity index (χ1) is 11.1. The van der Waals surface area contributed by atoms with Crippen molar-refractivity contribution < 1.29 is 19.0 Å². The van der Waals surface area contributed by atoms with E-state index in [4.69, 9.17) is 19.0 Å². The van der Waals surface area contributed by atoms with Gasteiger partial charge in [0.1, 0.15) is 6.10 Å². The summed E-state index contributed by atoms with van der Waals surface area (Å²) in [6.07, 6.45) is 1.10. The molecular weight excluding hydrogens is 294 g/mol. The first-order valence-electron chi connectivity index (χ1n) is 8.55. The van der Waals surface area contributed by atoms with Crippen molar-refractivity contribution in [3.63, 3.8) is 0 Å². The highest BCUT2D eigenvalue weighted by atomic mass is 16.8. The van der Waals surface area contributed by atoms with Gasteiger partial charge >= 0.3 is 0 Å². The Morgan fingerprint density at radius 2 is 1.96 bits per heavy atom. The van der Waals surface area contributed by atoms with E-state index < -0.39 is 5.79 Å². The third-order valence-electron chi connectivity index (χ3n) is 5.59. The SMILES string of the molecule is CC1(C)O[C@H]2O[C@H]3[C@H](C[C@@H]4CON(Cc5ccccc5)[C@@H]43)[C@H]2O1. The first kappa shape index (κ1) is 14.4. The zero-order valence-electron chi connectivity index (χ0n) is 13.6. The number of hydroxylamine groups is 2. The standard InChI is InChI=1S/C18H23NO4/c1-18(2)22-16-13-8-12-10-20-19(9-11-6-4-3-5-7-11)14(12)15(13)21-17(16)23-18/h3-7,12-17H,8-10H2,1-2H3/t12-,13+,14+,15+,16-,17-/m1/s1. The van der Waals surface area contributed by atoms with Crippen LogP contribution in [0.15, 0.2) is 30.3 Å². The highest BCUT2D eigenvalue weighted by molar-refractivity contribution is 5.15. The zero-order chi connectivity index (χ0) is 15.6. The van der Waals surface area contributed by atoms with E-state index in [0.717, 1.165) is 19.6 Å². The lowest BCUT2D eigenvalue weighted by Crippen LogP contribution is -2.40. The Hall–Kier alpha value is -0.980. The molecule has 4 fully saturated rings. The number of hydrogen-bond acceptors (Lipinski definition) is 5. The van der Waals surface area contributed by atoms with Crippen molar-refractivity contribution in [2.75, 3.05) is 6.61 Å². The lowest BCUT2D eigenvalue weighted by atomic mass is 10.00. The van der Waals surface area contributed by atoms with Crippen LogP contribution in [0, 0.1) is 11.8 Å². The summed E-state index contributed by atoms with van der Waals surface area (Å²) in [5, 5.41) is 2.12. The van der Waals surface area contributed by atoms with Gasteiger partial charge in [0.05, 0.1) is 18.8 Å². The van der Waals surface area contributed by atoms with Crippen molar-refractivity contribution in [3.8, 4) is 0 Å². The van der Waals surface area contributed by atoms with Crippen molar-refractivity contribution in [1.29, 1.82) is 0 Å². The van der Waals surface area contributed by atoms with Gasteiger partial charge in [0, 0.05) is 18.4 Å². The molecule has 6 atom stereocenters. The molecule has 23 heavy (non-hydrogen) atoms. The summed E-state index contributed by atoms with van der Waals surface area (Å²) in [4.78, 5) is 5.97. The Labute approximate surface area is 136 Å². The van der Waals surface area contributed by atoms with Crippen LogP contribution < -0.4 is 0 Å². The van der Waals surface area contributed by atoms with E-state index in [-0.39, 0.29) is 18.5 Å². The molecule has 3 heterocycles. The highest BCUT2D eigenvalue weighted by Crippen LogP contribution is 2.52. The van der Waals surface area contributed by atoms with Crippen molar-refractivity contribution in [2.24, 2.45) is 11.8 Å². The second kappa shape index (κ2) is 5.01. The molecule has 1 saturated carbocycles. The molecule has 5 rings (SSSR count). The van der Waals surface area contributed by atoms with Crippen LogP contribution in [0.2, 0.25) is 0 Å². The molecule has 0 radical (unpaired) electrons. The minimum absolute atomic E-state index is 0.0687. The minimum Gasteiger partial charge on any atom is -0.344 e. The molecule has 5 nitrogen and oxygen atoms in total. The van der Waals surface area contributed by atoms with E-state index in [1.807, 2.05) is 19.9 Å². The average Bonchev–Trinajstić information content (AvgIpc) is 3.19. The lowest BCUT2D eigenvalue weighted by Gasteiger charge is -2.28. The quantitative estimate of drug-likeness (QED) is 0.837. The van der Waals surface area contributed by atoms with E-state index in [1.165, 1.54) is 5.56 Å². The number of fused-ring (bicyclic) bond motifs is 5. The van der Waals surface area contributed by atoms with Gasteiger partial charge in [0.15, 0.2) is 12.1 Å². The predicted octanol–water partition coefficient (Wildman–Crippen LogP) is 2.31. The summed E-state index contributed by atoms with van der Waals surface area (Å²) in [7, 11) is 0. The van der Waals surface area contributed by atoms with Crippen LogP contribution in [0.1, 0.15) is 25.8 Å². The number of benzene rings is 1. The second-order valence-corrected chi connectivity index (χ2v) is 7.58. The maximum atomic E-state index is 6.26. The van der Waals surface area contributed by atoms with Gasteiger partial charge < -0.3 is 14.2 Å². The van der Waals surface area contributed by atoms with Gasteiger partial charge in [0.25, 0.3) is 0 Å². The van der Waals surface area contributed by atoms with Gasteiger partial charge in [-0.1, -0.05) is 30.3 Å². The maximum Gasteiger partial charge on any atom is 0.187 e. The Bertz CT molecular complexity index is 592. The smallest absolute Gasteiger partial charge is 0.187 e. The predicted molar refractivity (Wildman–Crippen MR) is 82.0 cm³/mol. The Balaban J connectivity index is 1.34. The van der Waals surface area contributed by atoms with Crippen molar-refractivity contribution in [1.82, 2.24) is 5.06 Å². The van der Waals surface area contributed by atoms with Crippen molar-refractivity contribution in [3.05, 3.63) is 35.9 Å². The van der Waals surface area contributed by atoms with Gasteiger partial charge in [-0.15, -0.1) is 0 Å². The zero-order valence-corrected chi connectivity index (χ0v) is 13.6. The third-order valence-corrected chi connectivity index (χ3v) is 5.59. The van der Waals surface area contributed by atoms with Crippen LogP contribution in [-0.4, -0.2) is 42.0 Å². The number of rotatable bonds is 2. The summed E-state index contributed by atoms with van der Waals surface area (Å²) in [6, 6.07) is 10.8. The topological polar surface area (TPSA) is 40.2 Å². The molecule has 0 spiro atoms. The molecule has 5 heteroatoms. The molecule has 3 aliphatic heterocycles. The minimum atomic E-state index is -0.530. The summed E-state index contributed by atoms with van der Waals surface area (Å²) < 4.78 is 18.3. The molecule has 0 aromatic heterocycles. The Morgan fingerprint density at radius 3 is 2.78 bits per heavy atom. The summed E-state index contributed by atoms with van der Waals surface area (Å²) >= 11 is 0. The van der Waals surface area contributed by atoms with Crippen LogP contribution >= 0.6 is 0 Å². The fourth-order valence-corrected chi connectivity index (χ4v) is 4.71.